The molecular weight excluding hydrogens is 239 g/mol. The van der Waals surface area contributed by atoms with Gasteiger partial charge in [-0.2, -0.15) is 5.26 Å². The summed E-state index contributed by atoms with van der Waals surface area (Å²) >= 11 is 13.0. The number of nitrogens with zero attached hydrogens (tertiary/aromatic N) is 2. The van der Waals surface area contributed by atoms with E-state index in [4.69, 9.17) is 28.5 Å². The molecule has 0 fully saturated rings. The first-order chi connectivity index (χ1) is 6.79. The maximum absolute atomic E-state index is 8.72. The molecule has 1 heterocycles. The lowest BCUT2D eigenvalue weighted by molar-refractivity contribution is 1.08. The third kappa shape index (κ3) is 3.06. The van der Waals surface area contributed by atoms with Crippen LogP contribution >= 0.6 is 35.0 Å². The average Bonchev–Trinajstić information content (AvgIpc) is 2.21. The fourth-order valence-corrected chi connectivity index (χ4v) is 2.30. The molecule has 74 valence electrons. The number of thioether (sulfide) groups is 1. The number of rotatable bonds is 4. The van der Waals surface area contributed by atoms with Gasteiger partial charge in [0.25, 0.3) is 0 Å². The molecule has 1 aromatic heterocycles. The normalized spacial score (nSPS) is 9.79. The third-order valence-electron chi connectivity index (χ3n) is 1.49. The topological polar surface area (TPSA) is 36.7 Å². The van der Waals surface area contributed by atoms with Crippen LogP contribution in [0.5, 0.6) is 0 Å². The zero-order valence-electron chi connectivity index (χ0n) is 7.33. The predicted octanol–water partition coefficient (Wildman–Crippen LogP) is 3.33. The van der Waals surface area contributed by atoms with E-state index in [2.05, 4.69) is 4.98 Å². The molecule has 2 nitrogen and oxygen atoms in total. The first-order valence-corrected chi connectivity index (χ1v) is 5.92. The molecule has 1 aromatic rings. The molecule has 0 bridgehead atoms. The zero-order chi connectivity index (χ0) is 10.4. The number of halogens is 2. The Balaban J connectivity index is 2.73. The van der Waals surface area contributed by atoms with Crippen molar-refractivity contribution in [2.45, 2.75) is 11.4 Å². The van der Waals surface area contributed by atoms with Crippen molar-refractivity contribution in [3.05, 3.63) is 22.8 Å². The highest BCUT2D eigenvalue weighted by Crippen LogP contribution is 2.27. The van der Waals surface area contributed by atoms with Crippen molar-refractivity contribution < 1.29 is 0 Å². The van der Waals surface area contributed by atoms with Crippen LogP contribution in [-0.2, 0) is 0 Å². The van der Waals surface area contributed by atoms with Gasteiger partial charge in [0.15, 0.2) is 0 Å². The van der Waals surface area contributed by atoms with E-state index in [1.54, 1.807) is 12.3 Å². The van der Waals surface area contributed by atoms with Crippen LogP contribution in [0.4, 0.5) is 0 Å². The number of alkyl halides is 1. The van der Waals surface area contributed by atoms with E-state index in [1.165, 1.54) is 11.8 Å². The maximum atomic E-state index is 8.72. The molecule has 5 heteroatoms. The van der Waals surface area contributed by atoms with Gasteiger partial charge in [0.05, 0.1) is 10.6 Å². The van der Waals surface area contributed by atoms with Gasteiger partial charge in [-0.3, -0.25) is 0 Å². The minimum absolute atomic E-state index is 0.439. The Kier molecular flexibility index (Phi) is 5.10. The lowest BCUT2D eigenvalue weighted by Gasteiger charge is -2.02. The lowest BCUT2D eigenvalue weighted by atomic mass is 10.3. The van der Waals surface area contributed by atoms with Gasteiger partial charge in [-0.05, 0) is 12.5 Å². The maximum Gasteiger partial charge on any atom is 0.116 e. The summed E-state index contributed by atoms with van der Waals surface area (Å²) in [6, 6.07) is 3.62. The molecule has 0 saturated heterocycles. The van der Waals surface area contributed by atoms with Crippen molar-refractivity contribution in [2.24, 2.45) is 0 Å². The second kappa shape index (κ2) is 6.13. The van der Waals surface area contributed by atoms with Crippen molar-refractivity contribution in [1.82, 2.24) is 4.98 Å². The second-order valence-corrected chi connectivity index (χ2v) is 4.32. The van der Waals surface area contributed by atoms with E-state index in [-0.39, 0.29) is 0 Å². The van der Waals surface area contributed by atoms with Crippen molar-refractivity contribution in [3.8, 4) is 6.07 Å². The van der Waals surface area contributed by atoms with Crippen LogP contribution in [0.15, 0.2) is 17.3 Å². The summed E-state index contributed by atoms with van der Waals surface area (Å²) in [4.78, 5) is 4.10. The average molecular weight is 247 g/mol. The van der Waals surface area contributed by atoms with E-state index in [9.17, 15) is 0 Å². The van der Waals surface area contributed by atoms with Crippen LogP contribution in [0.2, 0.25) is 5.02 Å². The molecule has 1 rings (SSSR count). The molecule has 0 saturated carbocycles. The molecule has 0 aromatic carbocycles. The Morgan fingerprint density at radius 1 is 1.57 bits per heavy atom. The van der Waals surface area contributed by atoms with Crippen molar-refractivity contribution in [3.63, 3.8) is 0 Å². The van der Waals surface area contributed by atoms with Gasteiger partial charge < -0.3 is 0 Å². The molecule has 14 heavy (non-hydrogen) atoms. The fourth-order valence-electron chi connectivity index (χ4n) is 0.835. The minimum atomic E-state index is 0.439. The fraction of sp³-hybridized carbons (Fsp3) is 0.333. The Hall–Kier alpha value is -0.430. The largest absolute Gasteiger partial charge is 0.248 e. The molecule has 0 radical (unpaired) electrons. The van der Waals surface area contributed by atoms with E-state index in [1.807, 2.05) is 6.07 Å². The third-order valence-corrected chi connectivity index (χ3v) is 3.33. The zero-order valence-corrected chi connectivity index (χ0v) is 9.66. The molecule has 0 aliphatic heterocycles. The highest BCUT2D eigenvalue weighted by Gasteiger charge is 2.06. The summed E-state index contributed by atoms with van der Waals surface area (Å²) in [5, 5.41) is 9.87. The van der Waals surface area contributed by atoms with Gasteiger partial charge >= 0.3 is 0 Å². The van der Waals surface area contributed by atoms with Gasteiger partial charge in [0.2, 0.25) is 0 Å². The summed E-state index contributed by atoms with van der Waals surface area (Å²) in [5.74, 6) is 1.49. The number of pyridine rings is 1. The predicted molar refractivity (Wildman–Crippen MR) is 60.0 cm³/mol. The van der Waals surface area contributed by atoms with Crippen LogP contribution in [-0.4, -0.2) is 16.6 Å². The molecular formula is C9H8Cl2N2S. The van der Waals surface area contributed by atoms with Gasteiger partial charge in [-0.1, -0.05) is 11.6 Å². The van der Waals surface area contributed by atoms with Crippen molar-refractivity contribution in [1.29, 1.82) is 5.26 Å². The quantitative estimate of drug-likeness (QED) is 0.465. The van der Waals surface area contributed by atoms with Gasteiger partial charge in [0, 0.05) is 17.8 Å². The smallest absolute Gasteiger partial charge is 0.116 e. The molecule has 0 aliphatic carbocycles. The standard InChI is InChI=1S/C9H8Cl2N2S/c10-3-1-5-14-9-8(11)7(6-12)2-4-13-9/h2,4H,1,3,5H2. The first kappa shape index (κ1) is 11.6. The summed E-state index contributed by atoms with van der Waals surface area (Å²) in [7, 11) is 0. The van der Waals surface area contributed by atoms with E-state index >= 15 is 0 Å². The number of hydrogen-bond donors (Lipinski definition) is 0. The van der Waals surface area contributed by atoms with E-state index in [0.717, 1.165) is 12.2 Å². The van der Waals surface area contributed by atoms with Crippen molar-refractivity contribution in [2.75, 3.05) is 11.6 Å². The van der Waals surface area contributed by atoms with E-state index < -0.39 is 0 Å². The van der Waals surface area contributed by atoms with Gasteiger partial charge in [-0.25, -0.2) is 4.98 Å². The van der Waals surface area contributed by atoms with Crippen LogP contribution < -0.4 is 0 Å². The molecule has 0 unspecified atom stereocenters. The van der Waals surface area contributed by atoms with Crippen LogP contribution in [0.1, 0.15) is 12.0 Å². The Morgan fingerprint density at radius 3 is 3.00 bits per heavy atom. The lowest BCUT2D eigenvalue weighted by Crippen LogP contribution is -1.88. The first-order valence-electron chi connectivity index (χ1n) is 4.03. The summed E-state index contributed by atoms with van der Waals surface area (Å²) in [5.41, 5.74) is 0.468. The monoisotopic (exact) mass is 246 g/mol. The van der Waals surface area contributed by atoms with Crippen molar-refractivity contribution >= 4 is 35.0 Å². The second-order valence-electron chi connectivity index (χ2n) is 2.48. The summed E-state index contributed by atoms with van der Waals surface area (Å²) in [6.07, 6.45) is 2.49. The number of hydrogen-bond acceptors (Lipinski definition) is 3. The van der Waals surface area contributed by atoms with Crippen LogP contribution in [0, 0.1) is 11.3 Å². The highest BCUT2D eigenvalue weighted by molar-refractivity contribution is 7.99. The summed E-state index contributed by atoms with van der Waals surface area (Å²) < 4.78 is 0. The van der Waals surface area contributed by atoms with Crippen LogP contribution in [0.3, 0.4) is 0 Å². The minimum Gasteiger partial charge on any atom is -0.248 e. The molecule has 0 spiro atoms. The number of aromatic nitrogens is 1. The van der Waals surface area contributed by atoms with Gasteiger partial charge in [0.1, 0.15) is 11.1 Å². The van der Waals surface area contributed by atoms with Gasteiger partial charge in [-0.15, -0.1) is 23.4 Å². The Bertz CT molecular complexity index is 349. The Morgan fingerprint density at radius 2 is 2.36 bits per heavy atom. The van der Waals surface area contributed by atoms with E-state index in [0.29, 0.717) is 21.5 Å². The molecule has 0 amide bonds. The van der Waals surface area contributed by atoms with Crippen LogP contribution in [0.25, 0.3) is 0 Å². The molecule has 0 N–H and O–H groups in total. The Labute approximate surface area is 97.2 Å². The highest BCUT2D eigenvalue weighted by atomic mass is 35.5. The summed E-state index contributed by atoms with van der Waals surface area (Å²) in [6.45, 7) is 0. The SMILES string of the molecule is N#Cc1ccnc(SCCCCl)c1Cl. The molecule has 0 aliphatic rings. The molecule has 0 atom stereocenters. The number of nitriles is 1.